The maximum Gasteiger partial charge on any atom is 0.0203 e. The molecule has 49 valence electrons. The summed E-state index contributed by atoms with van der Waals surface area (Å²) in [6.45, 7) is 1.93. The predicted octanol–water partition coefficient (Wildman–Crippen LogP) is 2.40. The van der Waals surface area contributed by atoms with Crippen molar-refractivity contribution >= 4 is 0 Å². The summed E-state index contributed by atoms with van der Waals surface area (Å²) in [4.78, 5) is 0. The maximum absolute atomic E-state index is 3.21. The second-order valence-electron chi connectivity index (χ2n) is 2.53. The Morgan fingerprint density at radius 2 is 2.00 bits per heavy atom. The molecule has 0 N–H and O–H groups in total. The summed E-state index contributed by atoms with van der Waals surface area (Å²) in [5.41, 5.74) is 0. The molecule has 0 saturated heterocycles. The first kappa shape index (κ1) is 6.68. The Bertz CT molecular complexity index is 119. The van der Waals surface area contributed by atoms with E-state index in [9.17, 15) is 0 Å². The molecule has 0 heteroatoms. The smallest absolute Gasteiger partial charge is 0.0203 e. The first-order chi connectivity index (χ1) is 4.43. The largest absolute Gasteiger partial charge is 0.106 e. The standard InChI is InChI=1S/C9H13/c1-2-6-9-7-4-3-5-8-9/h3,9H,4-5,7-8H2,1H3. The van der Waals surface area contributed by atoms with Crippen LogP contribution in [0.5, 0.6) is 0 Å². The molecule has 1 fully saturated rings. The van der Waals surface area contributed by atoms with E-state index < -0.39 is 0 Å². The zero-order valence-corrected chi connectivity index (χ0v) is 5.98. The first-order valence-electron chi connectivity index (χ1n) is 3.67. The van der Waals surface area contributed by atoms with E-state index in [0.29, 0.717) is 5.92 Å². The predicted molar refractivity (Wildman–Crippen MR) is 39.7 cm³/mol. The van der Waals surface area contributed by atoms with Gasteiger partial charge in [-0.1, -0.05) is 0 Å². The number of hydrogen-bond acceptors (Lipinski definition) is 0. The molecule has 1 rings (SSSR count). The molecule has 1 aliphatic carbocycles. The average molecular weight is 121 g/mol. The molecular formula is C9H13. The fourth-order valence-corrected chi connectivity index (χ4v) is 1.28. The van der Waals surface area contributed by atoms with Crippen molar-refractivity contribution in [2.45, 2.75) is 32.6 Å². The van der Waals surface area contributed by atoms with Crippen LogP contribution in [0, 0.1) is 24.2 Å². The fraction of sp³-hybridized carbons (Fsp3) is 0.667. The van der Waals surface area contributed by atoms with E-state index in [1.807, 2.05) is 6.92 Å². The molecule has 1 saturated carbocycles. The van der Waals surface area contributed by atoms with E-state index in [1.54, 1.807) is 0 Å². The molecule has 0 aliphatic heterocycles. The van der Waals surface area contributed by atoms with Gasteiger partial charge in [-0.3, -0.25) is 0 Å². The monoisotopic (exact) mass is 121 g/mol. The third-order valence-corrected chi connectivity index (χ3v) is 1.79. The van der Waals surface area contributed by atoms with Crippen LogP contribution in [0.1, 0.15) is 32.6 Å². The summed E-state index contributed by atoms with van der Waals surface area (Å²) in [5, 5.41) is 0. The van der Waals surface area contributed by atoms with Gasteiger partial charge in [0.15, 0.2) is 0 Å². The summed E-state index contributed by atoms with van der Waals surface area (Å²) in [6.07, 6.45) is 7.51. The second-order valence-corrected chi connectivity index (χ2v) is 2.53. The van der Waals surface area contributed by atoms with Crippen molar-refractivity contribution in [3.8, 4) is 11.8 Å². The summed E-state index contributed by atoms with van der Waals surface area (Å²) >= 11 is 0. The van der Waals surface area contributed by atoms with Crippen molar-refractivity contribution in [3.05, 3.63) is 6.42 Å². The second kappa shape index (κ2) is 3.56. The van der Waals surface area contributed by atoms with Crippen LogP contribution < -0.4 is 0 Å². The average Bonchev–Trinajstić information content (AvgIpc) is 1.91. The molecule has 0 aromatic carbocycles. The maximum atomic E-state index is 3.21. The van der Waals surface area contributed by atoms with Crippen molar-refractivity contribution in [2.24, 2.45) is 5.92 Å². The number of hydrogen-bond donors (Lipinski definition) is 0. The minimum Gasteiger partial charge on any atom is -0.106 e. The van der Waals surface area contributed by atoms with E-state index >= 15 is 0 Å². The van der Waals surface area contributed by atoms with Crippen LogP contribution in [0.4, 0.5) is 0 Å². The third kappa shape index (κ3) is 2.10. The van der Waals surface area contributed by atoms with Crippen LogP contribution >= 0.6 is 0 Å². The summed E-state index contributed by atoms with van der Waals surface area (Å²) in [6, 6.07) is 0. The van der Waals surface area contributed by atoms with Gasteiger partial charge in [-0.05, 0) is 39.0 Å². The Morgan fingerprint density at radius 3 is 2.56 bits per heavy atom. The highest BCUT2D eigenvalue weighted by Crippen LogP contribution is 2.21. The van der Waals surface area contributed by atoms with Crippen LogP contribution in [0.25, 0.3) is 0 Å². The molecule has 0 amide bonds. The fourth-order valence-electron chi connectivity index (χ4n) is 1.28. The topological polar surface area (TPSA) is 0 Å². The molecule has 0 heterocycles. The van der Waals surface area contributed by atoms with Gasteiger partial charge in [0.1, 0.15) is 0 Å². The minimum absolute atomic E-state index is 0.708. The van der Waals surface area contributed by atoms with E-state index in [2.05, 4.69) is 18.3 Å². The lowest BCUT2D eigenvalue weighted by molar-refractivity contribution is 0.497. The van der Waals surface area contributed by atoms with Gasteiger partial charge in [0.25, 0.3) is 0 Å². The van der Waals surface area contributed by atoms with Gasteiger partial charge in [0, 0.05) is 5.92 Å². The first-order valence-corrected chi connectivity index (χ1v) is 3.67. The summed E-state index contributed by atoms with van der Waals surface area (Å²) < 4.78 is 0. The van der Waals surface area contributed by atoms with Crippen molar-refractivity contribution in [2.75, 3.05) is 0 Å². The lowest BCUT2D eigenvalue weighted by Crippen LogP contribution is -2.03. The molecule has 1 radical (unpaired) electrons. The van der Waals surface area contributed by atoms with Crippen LogP contribution in [-0.4, -0.2) is 0 Å². The van der Waals surface area contributed by atoms with E-state index in [4.69, 9.17) is 0 Å². The third-order valence-electron chi connectivity index (χ3n) is 1.79. The summed E-state index contributed by atoms with van der Waals surface area (Å²) in [5.74, 6) is 6.90. The van der Waals surface area contributed by atoms with Crippen molar-refractivity contribution in [1.82, 2.24) is 0 Å². The van der Waals surface area contributed by atoms with Crippen LogP contribution in [-0.2, 0) is 0 Å². The highest BCUT2D eigenvalue weighted by Gasteiger charge is 2.09. The van der Waals surface area contributed by atoms with Gasteiger partial charge in [-0.15, -0.1) is 11.8 Å². The molecule has 1 aliphatic rings. The Hall–Kier alpha value is -0.440. The molecule has 0 spiro atoms. The van der Waals surface area contributed by atoms with Crippen molar-refractivity contribution in [3.63, 3.8) is 0 Å². The van der Waals surface area contributed by atoms with Gasteiger partial charge in [0.05, 0.1) is 0 Å². The zero-order valence-electron chi connectivity index (χ0n) is 5.98. The normalized spacial score (nSPS) is 20.6. The van der Waals surface area contributed by atoms with Crippen LogP contribution in [0.15, 0.2) is 0 Å². The van der Waals surface area contributed by atoms with Gasteiger partial charge in [-0.2, -0.15) is 0 Å². The van der Waals surface area contributed by atoms with Crippen molar-refractivity contribution in [1.29, 1.82) is 0 Å². The Balaban J connectivity index is 2.28. The molecule has 0 bridgehead atoms. The molecule has 0 nitrogen and oxygen atoms in total. The highest BCUT2D eigenvalue weighted by molar-refractivity contribution is 5.02. The SMILES string of the molecule is CC#CC1CC[CH]CC1. The molecule has 0 unspecified atom stereocenters. The van der Waals surface area contributed by atoms with Crippen LogP contribution in [0.2, 0.25) is 0 Å². The Labute approximate surface area is 57.7 Å². The highest BCUT2D eigenvalue weighted by atomic mass is 14.1. The molecular weight excluding hydrogens is 108 g/mol. The van der Waals surface area contributed by atoms with Gasteiger partial charge < -0.3 is 0 Å². The Morgan fingerprint density at radius 1 is 1.33 bits per heavy atom. The van der Waals surface area contributed by atoms with Crippen molar-refractivity contribution < 1.29 is 0 Å². The lowest BCUT2D eigenvalue weighted by Gasteiger charge is -2.14. The van der Waals surface area contributed by atoms with E-state index in [-0.39, 0.29) is 0 Å². The molecule has 0 aromatic rings. The summed E-state index contributed by atoms with van der Waals surface area (Å²) in [7, 11) is 0. The number of rotatable bonds is 0. The Kier molecular flexibility index (Phi) is 2.64. The zero-order chi connectivity index (χ0) is 6.53. The van der Waals surface area contributed by atoms with Gasteiger partial charge in [-0.25, -0.2) is 0 Å². The lowest BCUT2D eigenvalue weighted by atomic mass is 9.90. The van der Waals surface area contributed by atoms with E-state index in [1.165, 1.54) is 25.7 Å². The van der Waals surface area contributed by atoms with Gasteiger partial charge >= 0.3 is 0 Å². The van der Waals surface area contributed by atoms with Gasteiger partial charge in [0.2, 0.25) is 0 Å². The molecule has 0 aromatic heterocycles. The molecule has 0 atom stereocenters. The minimum atomic E-state index is 0.708. The molecule has 9 heavy (non-hydrogen) atoms. The van der Waals surface area contributed by atoms with E-state index in [0.717, 1.165) is 0 Å². The quantitative estimate of drug-likeness (QED) is 0.432. The van der Waals surface area contributed by atoms with Crippen LogP contribution in [0.3, 0.4) is 0 Å².